The molecule has 0 unspecified atom stereocenters. The normalized spacial score (nSPS) is 12.0. The van der Waals surface area contributed by atoms with E-state index in [1.54, 1.807) is 18.2 Å². The Labute approximate surface area is 139 Å². The smallest absolute Gasteiger partial charge is 0.345 e. The number of ether oxygens (including phenoxy) is 1. The van der Waals surface area contributed by atoms with E-state index in [-0.39, 0.29) is 6.42 Å². The van der Waals surface area contributed by atoms with E-state index in [2.05, 4.69) is 0 Å². The molecule has 0 fully saturated rings. The summed E-state index contributed by atoms with van der Waals surface area (Å²) in [5.74, 6) is -0.419. The van der Waals surface area contributed by atoms with Crippen LogP contribution in [0.3, 0.4) is 0 Å². The monoisotopic (exact) mass is 326 g/mol. The van der Waals surface area contributed by atoms with Gasteiger partial charge < -0.3 is 9.84 Å². The van der Waals surface area contributed by atoms with Gasteiger partial charge in [-0.2, -0.15) is 0 Å². The van der Waals surface area contributed by atoms with E-state index in [0.29, 0.717) is 10.8 Å². The van der Waals surface area contributed by atoms with Crippen LogP contribution in [0.15, 0.2) is 66.7 Å². The Kier molecular flexibility index (Phi) is 4.49. The Bertz CT molecular complexity index is 822. The number of fused-ring (bicyclic) bond motifs is 1. The summed E-state index contributed by atoms with van der Waals surface area (Å²) in [5, 5.41) is 12.0. The molecule has 0 aromatic heterocycles. The fourth-order valence-corrected chi connectivity index (χ4v) is 2.59. The highest BCUT2D eigenvalue weighted by molar-refractivity contribution is 6.30. The zero-order chi connectivity index (χ0) is 16.2. The maximum atomic E-state index is 11.6. The minimum atomic E-state index is -0.993. The third kappa shape index (κ3) is 3.63. The maximum absolute atomic E-state index is 11.6. The lowest BCUT2D eigenvalue weighted by Gasteiger charge is -2.17. The lowest BCUT2D eigenvalue weighted by molar-refractivity contribution is -0.144. The molecule has 4 heteroatoms. The standard InChI is InChI=1S/C19H15ClO3/c20-15-10-8-13(9-11-15)12-18(19(21)22)23-17-7-3-5-14-4-1-2-6-16(14)17/h1-11,18H,12H2,(H,21,22)/t18-/m1/s1. The molecule has 3 aromatic rings. The Morgan fingerprint density at radius 3 is 2.43 bits per heavy atom. The van der Waals surface area contributed by atoms with Gasteiger partial charge in [-0.1, -0.05) is 60.1 Å². The number of benzene rings is 3. The number of carboxylic acids is 1. The van der Waals surface area contributed by atoms with Crippen molar-refractivity contribution in [1.29, 1.82) is 0 Å². The summed E-state index contributed by atoms with van der Waals surface area (Å²) in [6, 6.07) is 20.5. The SMILES string of the molecule is O=C(O)[C@@H](Cc1ccc(Cl)cc1)Oc1cccc2ccccc12. The molecule has 0 bridgehead atoms. The first kappa shape index (κ1) is 15.4. The second-order valence-corrected chi connectivity index (χ2v) is 5.69. The zero-order valence-electron chi connectivity index (χ0n) is 12.3. The number of hydrogen-bond donors (Lipinski definition) is 1. The highest BCUT2D eigenvalue weighted by Gasteiger charge is 2.21. The van der Waals surface area contributed by atoms with E-state index < -0.39 is 12.1 Å². The van der Waals surface area contributed by atoms with Gasteiger partial charge in [0, 0.05) is 16.8 Å². The van der Waals surface area contributed by atoms with Crippen LogP contribution in [0, 0.1) is 0 Å². The van der Waals surface area contributed by atoms with E-state index in [9.17, 15) is 9.90 Å². The second-order valence-electron chi connectivity index (χ2n) is 5.25. The average molecular weight is 327 g/mol. The number of aliphatic carboxylic acids is 1. The minimum absolute atomic E-state index is 0.274. The summed E-state index contributed by atoms with van der Waals surface area (Å²) in [6.45, 7) is 0. The Balaban J connectivity index is 1.87. The molecule has 0 saturated heterocycles. The van der Waals surface area contributed by atoms with Gasteiger partial charge in [0.2, 0.25) is 0 Å². The third-order valence-electron chi connectivity index (χ3n) is 3.63. The molecule has 0 amide bonds. The number of halogens is 1. The first-order valence-corrected chi connectivity index (χ1v) is 7.63. The van der Waals surface area contributed by atoms with E-state index in [4.69, 9.17) is 16.3 Å². The number of hydrogen-bond acceptors (Lipinski definition) is 2. The van der Waals surface area contributed by atoms with Crippen LogP contribution in [-0.4, -0.2) is 17.2 Å². The third-order valence-corrected chi connectivity index (χ3v) is 3.88. The lowest BCUT2D eigenvalue weighted by Crippen LogP contribution is -2.29. The van der Waals surface area contributed by atoms with Crippen molar-refractivity contribution >= 4 is 28.3 Å². The Hall–Kier alpha value is -2.52. The van der Waals surface area contributed by atoms with E-state index in [1.165, 1.54) is 0 Å². The lowest BCUT2D eigenvalue weighted by atomic mass is 10.1. The van der Waals surface area contributed by atoms with Crippen molar-refractivity contribution in [3.05, 3.63) is 77.3 Å². The summed E-state index contributed by atoms with van der Waals surface area (Å²) in [5.41, 5.74) is 0.863. The van der Waals surface area contributed by atoms with Crippen molar-refractivity contribution in [3.8, 4) is 5.75 Å². The highest BCUT2D eigenvalue weighted by atomic mass is 35.5. The molecule has 0 saturated carbocycles. The van der Waals surface area contributed by atoms with E-state index in [1.807, 2.05) is 48.5 Å². The fourth-order valence-electron chi connectivity index (χ4n) is 2.47. The predicted octanol–water partition coefficient (Wildman–Crippen LogP) is 4.57. The van der Waals surface area contributed by atoms with Crippen LogP contribution in [0.4, 0.5) is 0 Å². The molecule has 0 aliphatic rings. The number of carboxylic acid groups (broad SMARTS) is 1. The molecule has 23 heavy (non-hydrogen) atoms. The van der Waals surface area contributed by atoms with Crippen molar-refractivity contribution in [2.45, 2.75) is 12.5 Å². The van der Waals surface area contributed by atoms with Crippen LogP contribution in [0.5, 0.6) is 5.75 Å². The number of carbonyl (C=O) groups is 1. The maximum Gasteiger partial charge on any atom is 0.345 e. The molecule has 1 N–H and O–H groups in total. The molecule has 3 nitrogen and oxygen atoms in total. The average Bonchev–Trinajstić information content (AvgIpc) is 2.56. The first-order valence-electron chi connectivity index (χ1n) is 7.25. The summed E-state index contributed by atoms with van der Waals surface area (Å²) < 4.78 is 5.79. The van der Waals surface area contributed by atoms with Crippen LogP contribution >= 0.6 is 11.6 Å². The Morgan fingerprint density at radius 1 is 1.00 bits per heavy atom. The van der Waals surface area contributed by atoms with Gasteiger partial charge in [0.25, 0.3) is 0 Å². The molecule has 3 aromatic carbocycles. The summed E-state index contributed by atoms with van der Waals surface area (Å²) in [4.78, 5) is 11.6. The highest BCUT2D eigenvalue weighted by Crippen LogP contribution is 2.26. The first-order chi connectivity index (χ1) is 11.1. The van der Waals surface area contributed by atoms with E-state index >= 15 is 0 Å². The van der Waals surface area contributed by atoms with Crippen LogP contribution in [-0.2, 0) is 11.2 Å². The molecule has 3 rings (SSSR count). The molecule has 0 radical (unpaired) electrons. The van der Waals surface area contributed by atoms with Gasteiger partial charge in [0.1, 0.15) is 5.75 Å². The quantitative estimate of drug-likeness (QED) is 0.747. The summed E-state index contributed by atoms with van der Waals surface area (Å²) in [6.07, 6.45) is -0.683. The van der Waals surface area contributed by atoms with Gasteiger partial charge >= 0.3 is 5.97 Å². The van der Waals surface area contributed by atoms with Gasteiger partial charge in [-0.25, -0.2) is 4.79 Å². The fraction of sp³-hybridized carbons (Fsp3) is 0.105. The van der Waals surface area contributed by atoms with Crippen LogP contribution in [0.2, 0.25) is 5.02 Å². The minimum Gasteiger partial charge on any atom is -0.478 e. The van der Waals surface area contributed by atoms with Crippen molar-refractivity contribution in [3.63, 3.8) is 0 Å². The summed E-state index contributed by atoms with van der Waals surface area (Å²) >= 11 is 5.86. The van der Waals surface area contributed by atoms with Crippen LogP contribution < -0.4 is 4.74 Å². The Morgan fingerprint density at radius 2 is 1.70 bits per heavy atom. The zero-order valence-corrected chi connectivity index (χ0v) is 13.0. The van der Waals surface area contributed by atoms with Gasteiger partial charge in [0.05, 0.1) is 0 Å². The largest absolute Gasteiger partial charge is 0.478 e. The molecule has 116 valence electrons. The van der Waals surface area contributed by atoms with Gasteiger partial charge in [-0.05, 0) is 29.1 Å². The topological polar surface area (TPSA) is 46.5 Å². The molecule has 0 aliphatic carbocycles. The molecule has 0 heterocycles. The second kappa shape index (κ2) is 6.71. The van der Waals surface area contributed by atoms with Crippen LogP contribution in [0.25, 0.3) is 10.8 Å². The van der Waals surface area contributed by atoms with Gasteiger partial charge in [-0.3, -0.25) is 0 Å². The molecular formula is C19H15ClO3. The molecule has 1 atom stereocenters. The molecule has 0 aliphatic heterocycles. The van der Waals surface area contributed by atoms with Crippen molar-refractivity contribution < 1.29 is 14.6 Å². The predicted molar refractivity (Wildman–Crippen MR) is 91.2 cm³/mol. The molecular weight excluding hydrogens is 312 g/mol. The van der Waals surface area contributed by atoms with Crippen molar-refractivity contribution in [1.82, 2.24) is 0 Å². The van der Waals surface area contributed by atoms with Gasteiger partial charge in [-0.15, -0.1) is 0 Å². The van der Waals surface area contributed by atoms with Crippen LogP contribution in [0.1, 0.15) is 5.56 Å². The van der Waals surface area contributed by atoms with Crippen molar-refractivity contribution in [2.24, 2.45) is 0 Å². The number of rotatable bonds is 5. The molecule has 0 spiro atoms. The van der Waals surface area contributed by atoms with Crippen molar-refractivity contribution in [2.75, 3.05) is 0 Å². The summed E-state index contributed by atoms with van der Waals surface area (Å²) in [7, 11) is 0. The van der Waals surface area contributed by atoms with Gasteiger partial charge in [0.15, 0.2) is 6.10 Å². The van der Waals surface area contributed by atoms with E-state index in [0.717, 1.165) is 16.3 Å².